The van der Waals surface area contributed by atoms with Crippen LogP contribution >= 0.6 is 11.6 Å². The van der Waals surface area contributed by atoms with E-state index in [-0.39, 0.29) is 27.2 Å². The molecular formula is C18H25ClN2O3S. The van der Waals surface area contributed by atoms with Gasteiger partial charge in [0.05, 0.1) is 5.02 Å². The Morgan fingerprint density at radius 3 is 2.60 bits per heavy atom. The van der Waals surface area contributed by atoms with Crippen molar-refractivity contribution < 1.29 is 13.2 Å². The van der Waals surface area contributed by atoms with Crippen LogP contribution in [0.3, 0.4) is 0 Å². The van der Waals surface area contributed by atoms with E-state index in [1.54, 1.807) is 28.6 Å². The van der Waals surface area contributed by atoms with Crippen molar-refractivity contribution in [3.63, 3.8) is 0 Å². The van der Waals surface area contributed by atoms with Crippen LogP contribution in [0.15, 0.2) is 29.2 Å². The summed E-state index contributed by atoms with van der Waals surface area (Å²) in [4.78, 5) is 11.5. The third-order valence-electron chi connectivity index (χ3n) is 5.68. The number of rotatable bonds is 4. The van der Waals surface area contributed by atoms with Crippen LogP contribution < -0.4 is 5.32 Å². The maximum atomic E-state index is 13.1. The van der Waals surface area contributed by atoms with Gasteiger partial charge >= 0.3 is 0 Å². The monoisotopic (exact) mass is 384 g/mol. The molecule has 138 valence electrons. The van der Waals surface area contributed by atoms with E-state index in [2.05, 4.69) is 5.32 Å². The van der Waals surface area contributed by atoms with Gasteiger partial charge in [-0.3, -0.25) is 4.79 Å². The van der Waals surface area contributed by atoms with Gasteiger partial charge in [-0.05, 0) is 36.3 Å². The molecule has 25 heavy (non-hydrogen) atoms. The molecular weight excluding hydrogens is 360 g/mol. The first-order chi connectivity index (χ1) is 11.8. The van der Waals surface area contributed by atoms with Gasteiger partial charge in [0.2, 0.25) is 15.9 Å². The molecule has 1 unspecified atom stereocenters. The second-order valence-electron chi connectivity index (χ2n) is 7.29. The Morgan fingerprint density at radius 1 is 1.28 bits per heavy atom. The fourth-order valence-corrected chi connectivity index (χ4v) is 6.41. The van der Waals surface area contributed by atoms with Gasteiger partial charge in [0.25, 0.3) is 0 Å². The highest BCUT2D eigenvalue weighted by atomic mass is 35.5. The van der Waals surface area contributed by atoms with E-state index < -0.39 is 10.0 Å². The van der Waals surface area contributed by atoms with Crippen LogP contribution in [-0.4, -0.2) is 38.3 Å². The Balaban J connectivity index is 1.88. The molecule has 1 atom stereocenters. The maximum Gasteiger partial charge on any atom is 0.244 e. The van der Waals surface area contributed by atoms with Gasteiger partial charge in [-0.15, -0.1) is 0 Å². The van der Waals surface area contributed by atoms with Crippen LogP contribution in [0.1, 0.15) is 39.0 Å². The fraction of sp³-hybridized carbons (Fsp3) is 0.611. The highest BCUT2D eigenvalue weighted by Gasteiger charge is 2.50. The van der Waals surface area contributed by atoms with E-state index in [4.69, 9.17) is 11.6 Å². The first-order valence-corrected chi connectivity index (χ1v) is 10.7. The lowest BCUT2D eigenvalue weighted by Crippen LogP contribution is -2.39. The van der Waals surface area contributed by atoms with Crippen LogP contribution in [0.2, 0.25) is 5.02 Å². The molecule has 3 rings (SSSR count). The van der Waals surface area contributed by atoms with Crippen LogP contribution in [0.5, 0.6) is 0 Å². The largest absolute Gasteiger partial charge is 0.356 e. The highest BCUT2D eigenvalue weighted by Crippen LogP contribution is 2.48. The first-order valence-electron chi connectivity index (χ1n) is 8.84. The van der Waals surface area contributed by atoms with Crippen molar-refractivity contribution in [3.05, 3.63) is 29.3 Å². The number of hydrogen-bond acceptors (Lipinski definition) is 3. The van der Waals surface area contributed by atoms with E-state index in [0.717, 1.165) is 25.7 Å². The van der Waals surface area contributed by atoms with Gasteiger partial charge in [0, 0.05) is 26.6 Å². The van der Waals surface area contributed by atoms with Gasteiger partial charge in [-0.2, -0.15) is 4.31 Å². The molecule has 1 heterocycles. The summed E-state index contributed by atoms with van der Waals surface area (Å²) < 4.78 is 27.8. The zero-order valence-electron chi connectivity index (χ0n) is 14.5. The van der Waals surface area contributed by atoms with Crippen LogP contribution in [-0.2, 0) is 14.8 Å². The molecule has 1 saturated carbocycles. The fourth-order valence-electron chi connectivity index (χ4n) is 4.33. The van der Waals surface area contributed by atoms with Crippen molar-refractivity contribution in [2.75, 3.05) is 19.6 Å². The molecule has 7 heteroatoms. The minimum Gasteiger partial charge on any atom is -0.356 e. The second-order valence-corrected chi connectivity index (χ2v) is 9.60. The van der Waals surface area contributed by atoms with Crippen LogP contribution in [0.25, 0.3) is 0 Å². The van der Waals surface area contributed by atoms with Crippen molar-refractivity contribution in [1.29, 1.82) is 0 Å². The average Bonchev–Trinajstić information content (AvgIpc) is 2.92. The van der Waals surface area contributed by atoms with Gasteiger partial charge in [-0.1, -0.05) is 43.0 Å². The summed E-state index contributed by atoms with van der Waals surface area (Å²) in [6.07, 6.45) is 5.48. The zero-order valence-corrected chi connectivity index (χ0v) is 16.1. The second kappa shape index (κ2) is 7.25. The summed E-state index contributed by atoms with van der Waals surface area (Å²) in [6, 6.07) is 6.59. The number of carbonyl (C=O) groups is 1. The van der Waals surface area contributed by atoms with Crippen molar-refractivity contribution in [3.8, 4) is 0 Å². The highest BCUT2D eigenvalue weighted by molar-refractivity contribution is 7.89. The maximum absolute atomic E-state index is 13.1. The Hall–Kier alpha value is -1.11. The molecule has 2 fully saturated rings. The third kappa shape index (κ3) is 3.71. The van der Waals surface area contributed by atoms with Crippen molar-refractivity contribution in [2.45, 2.75) is 43.9 Å². The van der Waals surface area contributed by atoms with E-state index in [0.29, 0.717) is 19.6 Å². The summed E-state index contributed by atoms with van der Waals surface area (Å²) in [6.45, 7) is 2.99. The zero-order chi connectivity index (χ0) is 18.1. The lowest BCUT2D eigenvalue weighted by molar-refractivity contribution is -0.119. The summed E-state index contributed by atoms with van der Waals surface area (Å²) in [5.74, 6) is 0.0762. The Morgan fingerprint density at radius 2 is 1.96 bits per heavy atom. The lowest BCUT2D eigenvalue weighted by atomic mass is 9.68. The summed E-state index contributed by atoms with van der Waals surface area (Å²) in [5, 5.41) is 3.15. The Bertz CT molecular complexity index is 744. The average molecular weight is 385 g/mol. The third-order valence-corrected chi connectivity index (χ3v) is 7.99. The number of halogens is 1. The summed E-state index contributed by atoms with van der Waals surface area (Å²) in [5.41, 5.74) is -0.0327. The molecule has 0 radical (unpaired) electrons. The molecule has 1 aromatic carbocycles. The summed E-state index contributed by atoms with van der Waals surface area (Å²) >= 11 is 6.14. The number of hydrogen-bond donors (Lipinski definition) is 1. The summed E-state index contributed by atoms with van der Waals surface area (Å²) in [7, 11) is -3.63. The molecule has 1 aromatic rings. The number of amides is 1. The van der Waals surface area contributed by atoms with Crippen LogP contribution in [0.4, 0.5) is 0 Å². The van der Waals surface area contributed by atoms with Gasteiger partial charge in [0.1, 0.15) is 4.90 Å². The normalized spacial score (nSPS) is 23.7. The smallest absolute Gasteiger partial charge is 0.244 e. The van der Waals surface area contributed by atoms with Gasteiger partial charge in [0.15, 0.2) is 0 Å². The number of carbonyl (C=O) groups excluding carboxylic acids is 1. The topological polar surface area (TPSA) is 66.5 Å². The van der Waals surface area contributed by atoms with Gasteiger partial charge in [-0.25, -0.2) is 8.42 Å². The molecule has 5 nitrogen and oxygen atoms in total. The standard InChI is InChI=1S/C18H25ClN2O3S/c1-14(22)20-11-15-12-21(13-18(15)9-5-2-6-10-18)25(23,24)17-8-4-3-7-16(17)19/h3-4,7-8,15H,2,5-6,9-13H2,1H3,(H,20,22). The van der Waals surface area contributed by atoms with E-state index in [1.807, 2.05) is 0 Å². The number of nitrogens with zero attached hydrogens (tertiary/aromatic N) is 1. The molecule has 0 bridgehead atoms. The minimum atomic E-state index is -3.63. The SMILES string of the molecule is CC(=O)NCC1CN(S(=O)(=O)c2ccccc2Cl)CC12CCCCC2. The molecule has 1 aliphatic carbocycles. The van der Waals surface area contributed by atoms with Crippen molar-refractivity contribution >= 4 is 27.5 Å². The minimum absolute atomic E-state index is 0.0327. The van der Waals surface area contributed by atoms with Crippen LogP contribution in [0, 0.1) is 11.3 Å². The van der Waals surface area contributed by atoms with E-state index >= 15 is 0 Å². The number of sulfonamides is 1. The predicted molar refractivity (Wildman–Crippen MR) is 97.9 cm³/mol. The predicted octanol–water partition coefficient (Wildman–Crippen LogP) is 3.05. The first kappa shape index (κ1) is 18.7. The molecule has 1 N–H and O–H groups in total. The van der Waals surface area contributed by atoms with E-state index in [1.165, 1.54) is 13.3 Å². The molecule has 1 spiro atoms. The van der Waals surface area contributed by atoms with E-state index in [9.17, 15) is 13.2 Å². The number of nitrogens with one attached hydrogen (secondary N) is 1. The van der Waals surface area contributed by atoms with Crippen molar-refractivity contribution in [2.24, 2.45) is 11.3 Å². The molecule has 0 aromatic heterocycles. The lowest BCUT2D eigenvalue weighted by Gasteiger charge is -2.38. The number of benzene rings is 1. The Kier molecular flexibility index (Phi) is 5.42. The quantitative estimate of drug-likeness (QED) is 0.867. The molecule has 1 saturated heterocycles. The molecule has 2 aliphatic rings. The molecule has 1 aliphatic heterocycles. The Labute approximate surface area is 154 Å². The molecule has 1 amide bonds. The van der Waals surface area contributed by atoms with Gasteiger partial charge < -0.3 is 5.32 Å². The van der Waals surface area contributed by atoms with Crippen molar-refractivity contribution in [1.82, 2.24) is 9.62 Å².